The molecule has 0 saturated carbocycles. The number of hydrogen-bond donors (Lipinski definition) is 1. The molecule has 0 spiro atoms. The Morgan fingerprint density at radius 3 is 1.92 bits per heavy atom. The van der Waals surface area contributed by atoms with Gasteiger partial charge in [0.25, 0.3) is 0 Å². The number of amides is 1. The second-order valence-corrected chi connectivity index (χ2v) is 7.12. The van der Waals surface area contributed by atoms with Gasteiger partial charge in [0.15, 0.2) is 0 Å². The first-order chi connectivity index (χ1) is 12.3. The average molecular weight is 362 g/mol. The van der Waals surface area contributed by atoms with Crippen LogP contribution in [0.1, 0.15) is 24.1 Å². The van der Waals surface area contributed by atoms with Gasteiger partial charge in [0.05, 0.1) is 6.04 Å². The Labute approximate surface area is 150 Å². The number of hydrogen-bond acceptors (Lipinski definition) is 2. The zero-order valence-electron chi connectivity index (χ0n) is 14.5. The van der Waals surface area contributed by atoms with Gasteiger partial charge < -0.3 is 5.32 Å². The van der Waals surface area contributed by atoms with Gasteiger partial charge in [-0.05, 0) is 11.1 Å². The van der Waals surface area contributed by atoms with E-state index in [1.165, 1.54) is 0 Å². The summed E-state index contributed by atoms with van der Waals surface area (Å²) in [5, 5.41) is 2.01. The van der Waals surface area contributed by atoms with E-state index in [2.05, 4.69) is 29.2 Å². The van der Waals surface area contributed by atoms with Crippen LogP contribution in [0.15, 0.2) is 60.7 Å². The lowest BCUT2D eigenvalue weighted by Crippen LogP contribution is -2.60. The Morgan fingerprint density at radius 2 is 1.50 bits per heavy atom. The third-order valence-corrected chi connectivity index (χ3v) is 4.70. The summed E-state index contributed by atoms with van der Waals surface area (Å²) in [5.41, 5.74) is 1.91. The van der Waals surface area contributed by atoms with Crippen LogP contribution in [0.2, 0.25) is 0 Å². The summed E-state index contributed by atoms with van der Waals surface area (Å²) in [6.07, 6.45) is -4.84. The number of halogens is 3. The highest BCUT2D eigenvalue weighted by atomic mass is 19.4. The summed E-state index contributed by atoms with van der Waals surface area (Å²) in [5.74, 6) is -1.88. The van der Waals surface area contributed by atoms with E-state index in [1.807, 2.05) is 48.6 Å². The minimum absolute atomic E-state index is 0.0120. The molecule has 6 heteroatoms. The Bertz CT molecular complexity index is 701. The van der Waals surface area contributed by atoms with Crippen LogP contribution in [0.25, 0.3) is 0 Å². The molecule has 0 bridgehead atoms. The molecule has 1 heterocycles. The molecule has 0 aromatic heterocycles. The number of nitrogens with zero attached hydrogens (tertiary/aromatic N) is 1. The van der Waals surface area contributed by atoms with Crippen LogP contribution in [0, 0.1) is 5.41 Å². The summed E-state index contributed by atoms with van der Waals surface area (Å²) < 4.78 is 37.1. The molecule has 1 aliphatic heterocycles. The van der Waals surface area contributed by atoms with Gasteiger partial charge in [-0.3, -0.25) is 9.69 Å². The largest absolute Gasteiger partial charge is 0.471 e. The molecule has 0 atom stereocenters. The van der Waals surface area contributed by atoms with Crippen molar-refractivity contribution in [1.82, 2.24) is 10.2 Å². The van der Waals surface area contributed by atoms with Crippen molar-refractivity contribution < 1.29 is 18.0 Å². The third-order valence-electron chi connectivity index (χ3n) is 4.70. The summed E-state index contributed by atoms with van der Waals surface area (Å²) in [4.78, 5) is 13.3. The topological polar surface area (TPSA) is 32.3 Å². The van der Waals surface area contributed by atoms with Gasteiger partial charge in [-0.2, -0.15) is 13.2 Å². The molecule has 0 radical (unpaired) electrons. The van der Waals surface area contributed by atoms with Crippen molar-refractivity contribution in [1.29, 1.82) is 0 Å². The molecular formula is C20H21F3N2O. The highest BCUT2D eigenvalue weighted by Crippen LogP contribution is 2.39. The molecule has 2 aromatic carbocycles. The predicted molar refractivity (Wildman–Crippen MR) is 93.5 cm³/mol. The van der Waals surface area contributed by atoms with Gasteiger partial charge in [0.2, 0.25) is 0 Å². The second kappa shape index (κ2) is 7.11. The normalized spacial score (nSPS) is 17.0. The molecule has 1 amide bonds. The minimum atomic E-state index is -4.84. The number of carbonyl (C=O) groups excluding carboxylic acids is 1. The number of likely N-dealkylation sites (tertiary alicyclic amines) is 1. The third kappa shape index (κ3) is 4.07. The molecule has 1 fully saturated rings. The molecular weight excluding hydrogens is 341 g/mol. The van der Waals surface area contributed by atoms with E-state index in [9.17, 15) is 18.0 Å². The zero-order valence-corrected chi connectivity index (χ0v) is 14.5. The van der Waals surface area contributed by atoms with Gasteiger partial charge in [-0.1, -0.05) is 67.6 Å². The quantitative estimate of drug-likeness (QED) is 0.878. The first kappa shape index (κ1) is 18.5. The highest BCUT2D eigenvalue weighted by molar-refractivity contribution is 5.81. The Hall–Kier alpha value is -2.34. The Morgan fingerprint density at radius 1 is 1.04 bits per heavy atom. The zero-order chi connectivity index (χ0) is 18.8. The molecule has 138 valence electrons. The maximum atomic E-state index is 12.4. The van der Waals surface area contributed by atoms with Crippen LogP contribution in [0.3, 0.4) is 0 Å². The van der Waals surface area contributed by atoms with E-state index >= 15 is 0 Å². The predicted octanol–water partition coefficient (Wildman–Crippen LogP) is 3.78. The monoisotopic (exact) mass is 362 g/mol. The van der Waals surface area contributed by atoms with Crippen molar-refractivity contribution in [2.24, 2.45) is 5.41 Å². The van der Waals surface area contributed by atoms with Crippen molar-refractivity contribution in [3.63, 3.8) is 0 Å². The number of benzene rings is 2. The first-order valence-corrected chi connectivity index (χ1v) is 8.47. The lowest BCUT2D eigenvalue weighted by atomic mass is 9.79. The maximum absolute atomic E-state index is 12.4. The van der Waals surface area contributed by atoms with Crippen molar-refractivity contribution in [2.75, 3.05) is 19.6 Å². The fraction of sp³-hybridized carbons (Fsp3) is 0.350. The van der Waals surface area contributed by atoms with E-state index in [0.717, 1.165) is 11.1 Å². The van der Waals surface area contributed by atoms with Crippen LogP contribution >= 0.6 is 0 Å². The van der Waals surface area contributed by atoms with E-state index in [0.29, 0.717) is 13.1 Å². The van der Waals surface area contributed by atoms with Crippen molar-refractivity contribution in [3.05, 3.63) is 71.8 Å². The number of carbonyl (C=O) groups is 1. The molecule has 0 aliphatic carbocycles. The van der Waals surface area contributed by atoms with Crippen molar-refractivity contribution in [2.45, 2.75) is 19.1 Å². The lowest BCUT2D eigenvalue weighted by Gasteiger charge is -2.52. The summed E-state index contributed by atoms with van der Waals surface area (Å²) in [7, 11) is 0. The average Bonchev–Trinajstić information content (AvgIpc) is 2.59. The van der Waals surface area contributed by atoms with Crippen molar-refractivity contribution in [3.8, 4) is 0 Å². The second-order valence-electron chi connectivity index (χ2n) is 7.12. The molecule has 1 N–H and O–H groups in total. The summed E-state index contributed by atoms with van der Waals surface area (Å²) in [6.45, 7) is 3.13. The van der Waals surface area contributed by atoms with E-state index in [-0.39, 0.29) is 18.0 Å². The molecule has 3 rings (SSSR count). The minimum Gasteiger partial charge on any atom is -0.348 e. The van der Waals surface area contributed by atoms with E-state index in [4.69, 9.17) is 0 Å². The molecule has 2 aromatic rings. The number of rotatable bonds is 5. The van der Waals surface area contributed by atoms with Gasteiger partial charge in [-0.25, -0.2) is 0 Å². The fourth-order valence-electron chi connectivity index (χ4n) is 3.51. The van der Waals surface area contributed by atoms with Crippen molar-refractivity contribution >= 4 is 5.91 Å². The van der Waals surface area contributed by atoms with Gasteiger partial charge in [0, 0.05) is 25.0 Å². The smallest absolute Gasteiger partial charge is 0.348 e. The standard InChI is InChI=1S/C20H21F3N2O/c1-19(12-24-18(26)20(21,22)23)13-25(14-19)17(15-8-4-2-5-9-15)16-10-6-3-7-11-16/h2-11,17H,12-14H2,1H3,(H,24,26). The highest BCUT2D eigenvalue weighted by Gasteiger charge is 2.45. The number of nitrogens with one attached hydrogen (secondary N) is 1. The Balaban J connectivity index is 1.70. The van der Waals surface area contributed by atoms with Gasteiger partial charge in [0.1, 0.15) is 0 Å². The number of alkyl halides is 3. The molecule has 0 unspecified atom stereocenters. The van der Waals surface area contributed by atoms with Crippen LogP contribution in [-0.2, 0) is 4.79 Å². The van der Waals surface area contributed by atoms with E-state index < -0.39 is 12.1 Å². The van der Waals surface area contributed by atoms with Crippen LogP contribution in [-0.4, -0.2) is 36.6 Å². The molecule has 3 nitrogen and oxygen atoms in total. The maximum Gasteiger partial charge on any atom is 0.471 e. The molecule has 26 heavy (non-hydrogen) atoms. The lowest BCUT2D eigenvalue weighted by molar-refractivity contribution is -0.174. The van der Waals surface area contributed by atoms with E-state index in [1.54, 1.807) is 0 Å². The van der Waals surface area contributed by atoms with Crippen LogP contribution < -0.4 is 5.32 Å². The van der Waals surface area contributed by atoms with Crippen LogP contribution in [0.4, 0.5) is 13.2 Å². The summed E-state index contributed by atoms with van der Waals surface area (Å²) >= 11 is 0. The Kier molecular flexibility index (Phi) is 5.05. The van der Waals surface area contributed by atoms with Gasteiger partial charge >= 0.3 is 12.1 Å². The SMILES string of the molecule is CC1(CNC(=O)C(F)(F)F)CN(C(c2ccccc2)c2ccccc2)C1. The summed E-state index contributed by atoms with van der Waals surface area (Å²) in [6, 6.07) is 20.1. The molecule has 1 aliphatic rings. The molecule has 1 saturated heterocycles. The first-order valence-electron chi connectivity index (χ1n) is 8.47. The van der Waals surface area contributed by atoms with Crippen LogP contribution in [0.5, 0.6) is 0 Å². The fourth-order valence-corrected chi connectivity index (χ4v) is 3.51. The van der Waals surface area contributed by atoms with Gasteiger partial charge in [-0.15, -0.1) is 0 Å².